The number of rotatable bonds is 8. The molecule has 1 aliphatic carbocycles. The normalized spacial score (nSPS) is 13.4. The molecule has 0 saturated carbocycles. The Hall–Kier alpha value is -3.85. The molecule has 0 fully saturated rings. The lowest BCUT2D eigenvalue weighted by Gasteiger charge is -2.38. The van der Waals surface area contributed by atoms with Crippen LogP contribution in [0.25, 0.3) is 0 Å². The van der Waals surface area contributed by atoms with Crippen molar-refractivity contribution in [3.63, 3.8) is 0 Å². The topological polar surface area (TPSA) is 0 Å². The number of hydrogen-bond donors (Lipinski definition) is 0. The molecule has 0 heterocycles. The van der Waals surface area contributed by atoms with E-state index in [1.807, 2.05) is 12.2 Å². The third-order valence-corrected chi connectivity index (χ3v) is 24.5. The van der Waals surface area contributed by atoms with Crippen LogP contribution < -0.4 is 0 Å². The van der Waals surface area contributed by atoms with E-state index in [-0.39, 0.29) is 5.92 Å². The summed E-state index contributed by atoms with van der Waals surface area (Å²) in [5.41, 5.74) is 19.5. The highest BCUT2D eigenvalue weighted by Gasteiger charge is 2.42. The predicted octanol–water partition coefficient (Wildman–Crippen LogP) is 13.6. The van der Waals surface area contributed by atoms with Gasteiger partial charge in [-0.15, -0.1) is 17.5 Å². The molecule has 278 valence electrons. The Bertz CT molecular complexity index is 1800. The molecular formula is C51H66Si2. The summed E-state index contributed by atoms with van der Waals surface area (Å²) in [4.78, 5) is 0. The van der Waals surface area contributed by atoms with Crippen LogP contribution in [0.2, 0.25) is 33.2 Å². The highest BCUT2D eigenvalue weighted by atomic mass is 28.3. The van der Waals surface area contributed by atoms with Crippen LogP contribution in [0.3, 0.4) is 0 Å². The Balaban J connectivity index is 2.06. The molecule has 0 nitrogen and oxygen atoms in total. The van der Waals surface area contributed by atoms with E-state index in [2.05, 4.69) is 200 Å². The van der Waals surface area contributed by atoms with Gasteiger partial charge in [0.2, 0.25) is 0 Å². The number of benzene rings is 2. The fourth-order valence-corrected chi connectivity index (χ4v) is 19.1. The molecule has 0 bridgehead atoms. The number of terminal acetylenes is 1. The first-order chi connectivity index (χ1) is 24.8. The first-order valence-corrected chi connectivity index (χ1v) is 24.6. The molecule has 0 amide bonds. The molecule has 2 heteroatoms. The Kier molecular flexibility index (Phi) is 15.2. The van der Waals surface area contributed by atoms with E-state index in [0.29, 0.717) is 45.1 Å². The summed E-state index contributed by atoms with van der Waals surface area (Å²) in [6, 6.07) is 13.2. The molecule has 0 unspecified atom stereocenters. The highest BCUT2D eigenvalue weighted by molar-refractivity contribution is 6.91. The molecule has 0 aromatic heterocycles. The second kappa shape index (κ2) is 18.5. The molecule has 1 aliphatic rings. The standard InChI is InChI=1S/C51H66Si2/c1-18-51-45(23-19-43-21-27-47(35(2)3)33-49(43)29-31-52(37(6)7,38(8)9)39(10)11)25-26-46(51)24-20-44-22-28-48(36(4)5)34-50(44)30-32-53(40(12)13,41(14)15)42(16)17/h1,21-22,25-28,33-42,51H,2-17H3. The fourth-order valence-electron chi connectivity index (χ4n) is 8.71. The summed E-state index contributed by atoms with van der Waals surface area (Å²) in [7, 11) is -3.82. The van der Waals surface area contributed by atoms with Crippen molar-refractivity contribution in [1.82, 2.24) is 0 Å². The SMILES string of the molecule is C#CC1C(C#Cc2ccc(C(C)C)cc2C#C[Si](C(C)C)(C(C)C)C(C)C)=CC=C1C#Cc1ccc(C(C)C)cc1C#C[Si](C(C)C)(C(C)C)C(C)C. The van der Waals surface area contributed by atoms with Gasteiger partial charge in [0.25, 0.3) is 0 Å². The van der Waals surface area contributed by atoms with Crippen molar-refractivity contribution in [2.75, 3.05) is 0 Å². The van der Waals surface area contributed by atoms with Crippen LogP contribution in [-0.2, 0) is 0 Å². The van der Waals surface area contributed by atoms with E-state index < -0.39 is 16.1 Å². The molecule has 2 aromatic carbocycles. The summed E-state index contributed by atoms with van der Waals surface area (Å²) in [5, 5.41) is 0. The van der Waals surface area contributed by atoms with Crippen molar-refractivity contribution in [2.24, 2.45) is 5.92 Å². The Morgan fingerprint density at radius 2 is 0.755 bits per heavy atom. The van der Waals surface area contributed by atoms with Gasteiger partial charge in [-0.25, -0.2) is 0 Å². The van der Waals surface area contributed by atoms with E-state index in [9.17, 15) is 0 Å². The third kappa shape index (κ3) is 9.64. The minimum atomic E-state index is -1.91. The van der Waals surface area contributed by atoms with Gasteiger partial charge in [-0.1, -0.05) is 164 Å². The Morgan fingerprint density at radius 1 is 0.434 bits per heavy atom. The lowest BCUT2D eigenvalue weighted by atomic mass is 9.94. The molecule has 0 atom stereocenters. The maximum Gasteiger partial charge on any atom is 0.146 e. The lowest BCUT2D eigenvalue weighted by Crippen LogP contribution is -2.43. The highest BCUT2D eigenvalue weighted by Crippen LogP contribution is 2.42. The predicted molar refractivity (Wildman–Crippen MR) is 239 cm³/mol. The van der Waals surface area contributed by atoms with E-state index in [4.69, 9.17) is 6.42 Å². The fraction of sp³-hybridized carbons (Fsp3) is 0.490. The first kappa shape index (κ1) is 43.6. The van der Waals surface area contributed by atoms with Crippen LogP contribution in [0, 0.1) is 64.9 Å². The molecule has 53 heavy (non-hydrogen) atoms. The van der Waals surface area contributed by atoms with Gasteiger partial charge in [0, 0.05) is 33.4 Å². The second-order valence-electron chi connectivity index (χ2n) is 17.6. The van der Waals surface area contributed by atoms with Crippen molar-refractivity contribution >= 4 is 16.1 Å². The zero-order valence-electron chi connectivity index (χ0n) is 35.9. The van der Waals surface area contributed by atoms with Crippen molar-refractivity contribution in [2.45, 2.75) is 156 Å². The maximum absolute atomic E-state index is 6.18. The smallest absolute Gasteiger partial charge is 0.125 e. The summed E-state index contributed by atoms with van der Waals surface area (Å²) in [6.07, 6.45) is 10.3. The summed E-state index contributed by atoms with van der Waals surface area (Å²) in [6.45, 7) is 37.3. The largest absolute Gasteiger partial charge is 0.146 e. The quantitative estimate of drug-likeness (QED) is 0.187. The molecular weight excluding hydrogens is 669 g/mol. The van der Waals surface area contributed by atoms with E-state index >= 15 is 0 Å². The number of hydrogen-bond acceptors (Lipinski definition) is 0. The zero-order valence-corrected chi connectivity index (χ0v) is 37.9. The van der Waals surface area contributed by atoms with Gasteiger partial charge >= 0.3 is 0 Å². The van der Waals surface area contributed by atoms with Gasteiger partial charge in [0.1, 0.15) is 16.1 Å². The molecule has 0 saturated heterocycles. The average Bonchev–Trinajstić information content (AvgIpc) is 3.47. The minimum absolute atomic E-state index is 0.283. The van der Waals surface area contributed by atoms with Crippen molar-refractivity contribution in [3.05, 3.63) is 93.1 Å². The molecule has 0 aliphatic heterocycles. The van der Waals surface area contributed by atoms with Gasteiger partial charge in [0.05, 0.1) is 5.92 Å². The molecule has 0 radical (unpaired) electrons. The van der Waals surface area contributed by atoms with Crippen LogP contribution in [0.4, 0.5) is 0 Å². The average molecular weight is 735 g/mol. The van der Waals surface area contributed by atoms with Crippen molar-refractivity contribution in [1.29, 1.82) is 0 Å². The van der Waals surface area contributed by atoms with E-state index in [0.717, 1.165) is 33.4 Å². The van der Waals surface area contributed by atoms with E-state index in [1.54, 1.807) is 0 Å². The van der Waals surface area contributed by atoms with Crippen molar-refractivity contribution in [3.8, 4) is 59.0 Å². The minimum Gasteiger partial charge on any atom is -0.125 e. The Morgan fingerprint density at radius 3 is 1.02 bits per heavy atom. The van der Waals surface area contributed by atoms with Crippen molar-refractivity contribution < 1.29 is 0 Å². The summed E-state index contributed by atoms with van der Waals surface area (Å²) in [5.74, 6) is 24.8. The summed E-state index contributed by atoms with van der Waals surface area (Å²) >= 11 is 0. The van der Waals surface area contributed by atoms with Crippen LogP contribution in [0.1, 0.15) is 156 Å². The lowest BCUT2D eigenvalue weighted by molar-refractivity contribution is 0.838. The van der Waals surface area contributed by atoms with Gasteiger partial charge in [-0.05, 0) is 92.6 Å². The third-order valence-electron chi connectivity index (χ3n) is 11.9. The second-order valence-corrected chi connectivity index (χ2v) is 28.7. The molecule has 3 rings (SSSR count). The van der Waals surface area contributed by atoms with E-state index in [1.165, 1.54) is 11.1 Å². The van der Waals surface area contributed by atoms with Crippen LogP contribution in [-0.4, -0.2) is 16.1 Å². The van der Waals surface area contributed by atoms with Crippen LogP contribution in [0.15, 0.2) is 59.7 Å². The number of allylic oxidation sites excluding steroid dienone is 4. The summed E-state index contributed by atoms with van der Waals surface area (Å²) < 4.78 is 0. The zero-order chi connectivity index (χ0) is 39.8. The maximum atomic E-state index is 6.18. The first-order valence-electron chi connectivity index (χ1n) is 20.1. The van der Waals surface area contributed by atoms with Gasteiger partial charge in [-0.2, -0.15) is 0 Å². The molecule has 2 aromatic rings. The van der Waals surface area contributed by atoms with Crippen LogP contribution >= 0.6 is 0 Å². The van der Waals surface area contributed by atoms with Gasteiger partial charge in [-0.3, -0.25) is 0 Å². The van der Waals surface area contributed by atoms with Crippen LogP contribution in [0.5, 0.6) is 0 Å². The molecule has 0 spiro atoms. The van der Waals surface area contributed by atoms with Gasteiger partial charge < -0.3 is 0 Å². The molecule has 0 N–H and O–H groups in total. The van der Waals surface area contributed by atoms with Gasteiger partial charge in [0.15, 0.2) is 0 Å². The Labute approximate surface area is 328 Å². The monoisotopic (exact) mass is 734 g/mol.